The van der Waals surface area contributed by atoms with Gasteiger partial charge in [-0.1, -0.05) is 60.7 Å². The quantitative estimate of drug-likeness (QED) is 0.689. The van der Waals surface area contributed by atoms with Gasteiger partial charge in [-0.25, -0.2) is 0 Å². The van der Waals surface area contributed by atoms with Gasteiger partial charge in [0, 0.05) is 0 Å². The lowest BCUT2D eigenvalue weighted by atomic mass is 10.2. The predicted octanol–water partition coefficient (Wildman–Crippen LogP) is 3.81. The van der Waals surface area contributed by atoms with Crippen LogP contribution in [0.25, 0.3) is 6.08 Å². The molecule has 0 aliphatic carbocycles. The van der Waals surface area contributed by atoms with Gasteiger partial charge in [-0.3, -0.25) is 9.69 Å². The Morgan fingerprint density at radius 3 is 2.48 bits per heavy atom. The van der Waals surface area contributed by atoms with E-state index in [0.29, 0.717) is 10.8 Å². The molecule has 4 heteroatoms. The van der Waals surface area contributed by atoms with Gasteiger partial charge in [-0.15, -0.1) is 0 Å². The van der Waals surface area contributed by atoms with Crippen molar-refractivity contribution in [1.82, 2.24) is 5.32 Å². The summed E-state index contributed by atoms with van der Waals surface area (Å²) in [5, 5.41) is 3.39. The van der Waals surface area contributed by atoms with Crippen LogP contribution in [0.5, 0.6) is 0 Å². The van der Waals surface area contributed by atoms with Crippen molar-refractivity contribution >= 4 is 35.0 Å². The summed E-state index contributed by atoms with van der Waals surface area (Å²) in [5.41, 5.74) is 3.37. The van der Waals surface area contributed by atoms with Crippen molar-refractivity contribution < 1.29 is 4.79 Å². The SMILES string of the molecule is Cc1ccccc1N1C(=O)/C(=C\C=C\c2ccccc2)NC1=S. The standard InChI is InChI=1S/C19H16N2OS/c1-14-8-5-6-13-17(14)21-18(22)16(20-19(21)23)12-7-11-15-9-3-2-4-10-15/h2-13H,1H3,(H,20,23)/b11-7+,16-12+. The van der Waals surface area contributed by atoms with Crippen LogP contribution >= 0.6 is 12.2 Å². The van der Waals surface area contributed by atoms with Gasteiger partial charge in [-0.2, -0.15) is 0 Å². The maximum absolute atomic E-state index is 12.6. The zero-order valence-corrected chi connectivity index (χ0v) is 13.5. The largest absolute Gasteiger partial charge is 0.327 e. The smallest absolute Gasteiger partial charge is 0.281 e. The van der Waals surface area contributed by atoms with Crippen LogP contribution in [0.2, 0.25) is 0 Å². The van der Waals surface area contributed by atoms with Crippen LogP contribution in [0.1, 0.15) is 11.1 Å². The molecule has 1 amide bonds. The number of anilines is 1. The fraction of sp³-hybridized carbons (Fsp3) is 0.0526. The third kappa shape index (κ3) is 3.22. The van der Waals surface area contributed by atoms with Gasteiger partial charge < -0.3 is 5.32 Å². The number of para-hydroxylation sites is 1. The van der Waals surface area contributed by atoms with E-state index in [2.05, 4.69) is 5.32 Å². The number of benzene rings is 2. The van der Waals surface area contributed by atoms with E-state index < -0.39 is 0 Å². The van der Waals surface area contributed by atoms with E-state index in [1.54, 1.807) is 6.08 Å². The van der Waals surface area contributed by atoms with Crippen LogP contribution in [-0.4, -0.2) is 11.0 Å². The van der Waals surface area contributed by atoms with Crippen molar-refractivity contribution in [3.8, 4) is 0 Å². The van der Waals surface area contributed by atoms with Crippen LogP contribution < -0.4 is 10.2 Å². The number of thiocarbonyl (C=S) groups is 1. The highest BCUT2D eigenvalue weighted by Gasteiger charge is 2.32. The van der Waals surface area contributed by atoms with Gasteiger partial charge in [0.15, 0.2) is 5.11 Å². The van der Waals surface area contributed by atoms with Crippen LogP contribution in [0, 0.1) is 6.92 Å². The number of amides is 1. The van der Waals surface area contributed by atoms with Gasteiger partial charge in [0.05, 0.1) is 5.69 Å². The molecule has 0 aromatic heterocycles. The van der Waals surface area contributed by atoms with Gasteiger partial charge >= 0.3 is 0 Å². The average molecular weight is 320 g/mol. The summed E-state index contributed by atoms with van der Waals surface area (Å²) < 4.78 is 0. The number of hydrogen-bond donors (Lipinski definition) is 1. The lowest BCUT2D eigenvalue weighted by Crippen LogP contribution is -2.30. The van der Waals surface area contributed by atoms with Crippen molar-refractivity contribution in [2.45, 2.75) is 6.92 Å². The Morgan fingerprint density at radius 1 is 1.04 bits per heavy atom. The first kappa shape index (κ1) is 15.2. The Hall–Kier alpha value is -2.72. The van der Waals surface area contributed by atoms with E-state index in [9.17, 15) is 4.79 Å². The Kier molecular flexibility index (Phi) is 4.35. The maximum atomic E-state index is 12.6. The summed E-state index contributed by atoms with van der Waals surface area (Å²) in [7, 11) is 0. The minimum absolute atomic E-state index is 0.137. The highest BCUT2D eigenvalue weighted by atomic mass is 32.1. The van der Waals surface area contributed by atoms with E-state index in [-0.39, 0.29) is 5.91 Å². The maximum Gasteiger partial charge on any atom is 0.281 e. The molecule has 3 rings (SSSR count). The summed E-state index contributed by atoms with van der Waals surface area (Å²) >= 11 is 5.31. The predicted molar refractivity (Wildman–Crippen MR) is 98.0 cm³/mol. The molecule has 3 nitrogen and oxygen atoms in total. The normalized spacial score (nSPS) is 16.4. The van der Waals surface area contributed by atoms with Gasteiger partial charge in [-0.05, 0) is 42.4 Å². The second-order valence-electron chi connectivity index (χ2n) is 5.21. The number of nitrogens with one attached hydrogen (secondary N) is 1. The topological polar surface area (TPSA) is 32.3 Å². The average Bonchev–Trinajstić information content (AvgIpc) is 2.83. The molecule has 2 aromatic rings. The van der Waals surface area contributed by atoms with E-state index in [1.807, 2.05) is 73.7 Å². The van der Waals surface area contributed by atoms with Crippen molar-refractivity contribution in [2.24, 2.45) is 0 Å². The molecule has 1 fully saturated rings. The van der Waals surface area contributed by atoms with Crippen molar-refractivity contribution in [3.05, 3.63) is 83.6 Å². The molecule has 0 saturated carbocycles. The number of hydrogen-bond acceptors (Lipinski definition) is 2. The van der Waals surface area contributed by atoms with Crippen LogP contribution in [0.15, 0.2) is 72.4 Å². The van der Waals surface area contributed by atoms with Crippen molar-refractivity contribution in [1.29, 1.82) is 0 Å². The first-order valence-electron chi connectivity index (χ1n) is 7.31. The Bertz CT molecular complexity index is 809. The number of aryl methyl sites for hydroxylation is 1. The minimum Gasteiger partial charge on any atom is -0.327 e. The third-order valence-electron chi connectivity index (χ3n) is 3.59. The molecule has 0 spiro atoms. The Morgan fingerprint density at radius 2 is 1.74 bits per heavy atom. The number of carbonyl (C=O) groups is 1. The molecular formula is C19H16N2OS. The molecule has 0 atom stereocenters. The van der Waals surface area contributed by atoms with Gasteiger partial charge in [0.1, 0.15) is 5.70 Å². The van der Waals surface area contributed by atoms with E-state index in [1.165, 1.54) is 4.90 Å². The van der Waals surface area contributed by atoms with E-state index in [0.717, 1.165) is 16.8 Å². The first-order valence-corrected chi connectivity index (χ1v) is 7.72. The fourth-order valence-corrected chi connectivity index (χ4v) is 2.69. The highest BCUT2D eigenvalue weighted by Crippen LogP contribution is 2.24. The number of nitrogens with zero attached hydrogens (tertiary/aromatic N) is 1. The van der Waals surface area contributed by atoms with E-state index in [4.69, 9.17) is 12.2 Å². The lowest BCUT2D eigenvalue weighted by Gasteiger charge is -2.16. The Labute approximate surface area is 140 Å². The number of rotatable bonds is 3. The molecule has 1 aliphatic heterocycles. The molecule has 0 bridgehead atoms. The summed E-state index contributed by atoms with van der Waals surface area (Å²) in [6, 6.07) is 17.6. The first-order chi connectivity index (χ1) is 11.2. The molecule has 1 heterocycles. The molecule has 0 unspecified atom stereocenters. The molecule has 0 radical (unpaired) electrons. The second-order valence-corrected chi connectivity index (χ2v) is 5.59. The highest BCUT2D eigenvalue weighted by molar-refractivity contribution is 7.80. The van der Waals surface area contributed by atoms with Gasteiger partial charge in [0.25, 0.3) is 5.91 Å². The Balaban J connectivity index is 1.83. The molecule has 1 saturated heterocycles. The zero-order valence-electron chi connectivity index (χ0n) is 12.7. The molecule has 23 heavy (non-hydrogen) atoms. The third-order valence-corrected chi connectivity index (χ3v) is 3.87. The summed E-state index contributed by atoms with van der Waals surface area (Å²) in [5.74, 6) is -0.137. The van der Waals surface area contributed by atoms with E-state index >= 15 is 0 Å². The number of allylic oxidation sites excluding steroid dienone is 2. The van der Waals surface area contributed by atoms with Crippen LogP contribution in [0.4, 0.5) is 5.69 Å². The number of carbonyl (C=O) groups excluding carboxylic acids is 1. The monoisotopic (exact) mass is 320 g/mol. The van der Waals surface area contributed by atoms with Crippen molar-refractivity contribution in [2.75, 3.05) is 4.90 Å². The zero-order chi connectivity index (χ0) is 16.2. The molecule has 1 aliphatic rings. The summed E-state index contributed by atoms with van der Waals surface area (Å²) in [6.07, 6.45) is 5.54. The molecule has 114 valence electrons. The molecular weight excluding hydrogens is 304 g/mol. The van der Waals surface area contributed by atoms with Crippen molar-refractivity contribution in [3.63, 3.8) is 0 Å². The van der Waals surface area contributed by atoms with Crippen LogP contribution in [0.3, 0.4) is 0 Å². The van der Waals surface area contributed by atoms with Gasteiger partial charge in [0.2, 0.25) is 0 Å². The molecule has 2 aromatic carbocycles. The van der Waals surface area contributed by atoms with Crippen LogP contribution in [-0.2, 0) is 4.79 Å². The fourth-order valence-electron chi connectivity index (χ4n) is 2.40. The summed E-state index contributed by atoms with van der Waals surface area (Å²) in [6.45, 7) is 1.96. The second kappa shape index (κ2) is 6.58. The summed E-state index contributed by atoms with van der Waals surface area (Å²) in [4.78, 5) is 14.1. The lowest BCUT2D eigenvalue weighted by molar-refractivity contribution is -0.113. The minimum atomic E-state index is -0.137. The molecule has 1 N–H and O–H groups in total.